The summed E-state index contributed by atoms with van der Waals surface area (Å²) < 4.78 is 10.3. The minimum Gasteiger partial charge on any atom is -0.410 e. The van der Waals surface area contributed by atoms with Crippen molar-refractivity contribution in [1.82, 2.24) is 14.8 Å². The Labute approximate surface area is 153 Å². The first-order chi connectivity index (χ1) is 13.1. The summed E-state index contributed by atoms with van der Waals surface area (Å²) in [6.07, 6.45) is -0.427. The lowest BCUT2D eigenvalue weighted by molar-refractivity contribution is 0.0633. The molecule has 1 fully saturated rings. The summed E-state index contributed by atoms with van der Waals surface area (Å²) in [5, 5.41) is 0. The normalized spacial score (nSPS) is 14.4. The molecule has 4 rings (SSSR count). The molecule has 0 spiro atoms. The van der Waals surface area contributed by atoms with E-state index in [0.717, 1.165) is 0 Å². The molecule has 2 heterocycles. The zero-order chi connectivity index (χ0) is 18.8. The number of hydrogen-bond acceptors (Lipinski definition) is 5. The molecule has 1 N–H and O–H groups in total. The highest BCUT2D eigenvalue weighted by Crippen LogP contribution is 2.16. The minimum atomic E-state index is -0.555. The minimum absolute atomic E-state index is 0.170. The number of nitrogens with zero attached hydrogens (tertiary/aromatic N) is 2. The molecular formula is C19H17N3O5. The van der Waals surface area contributed by atoms with E-state index in [0.29, 0.717) is 48.6 Å². The molecule has 27 heavy (non-hydrogen) atoms. The second kappa shape index (κ2) is 6.99. The van der Waals surface area contributed by atoms with Gasteiger partial charge in [-0.25, -0.2) is 9.59 Å². The zero-order valence-corrected chi connectivity index (χ0v) is 14.4. The van der Waals surface area contributed by atoms with Crippen LogP contribution in [0.15, 0.2) is 57.7 Å². The number of oxazole rings is 1. The number of rotatable bonds is 2. The van der Waals surface area contributed by atoms with Crippen LogP contribution in [-0.4, -0.2) is 53.0 Å². The Morgan fingerprint density at radius 1 is 0.963 bits per heavy atom. The van der Waals surface area contributed by atoms with Crippen LogP contribution in [-0.2, 0) is 0 Å². The summed E-state index contributed by atoms with van der Waals surface area (Å²) >= 11 is 0. The van der Waals surface area contributed by atoms with Crippen LogP contribution < -0.4 is 10.5 Å². The van der Waals surface area contributed by atoms with Crippen LogP contribution in [0.3, 0.4) is 0 Å². The van der Waals surface area contributed by atoms with Gasteiger partial charge in [0.25, 0.3) is 5.91 Å². The van der Waals surface area contributed by atoms with Crippen molar-refractivity contribution in [2.75, 3.05) is 26.2 Å². The van der Waals surface area contributed by atoms with Crippen molar-refractivity contribution in [3.8, 4) is 5.75 Å². The lowest BCUT2D eigenvalue weighted by Gasteiger charge is -2.34. The smallest absolute Gasteiger partial charge is 0.410 e. The summed E-state index contributed by atoms with van der Waals surface area (Å²) in [5.74, 6) is -0.237. The van der Waals surface area contributed by atoms with E-state index < -0.39 is 11.8 Å². The van der Waals surface area contributed by atoms with E-state index in [1.807, 2.05) is 6.07 Å². The van der Waals surface area contributed by atoms with Crippen molar-refractivity contribution < 1.29 is 18.7 Å². The lowest BCUT2D eigenvalue weighted by atomic mass is 10.1. The second-order valence-corrected chi connectivity index (χ2v) is 6.19. The van der Waals surface area contributed by atoms with Crippen molar-refractivity contribution in [3.63, 3.8) is 0 Å². The van der Waals surface area contributed by atoms with Gasteiger partial charge >= 0.3 is 11.8 Å². The van der Waals surface area contributed by atoms with Crippen molar-refractivity contribution in [3.05, 3.63) is 64.6 Å². The summed E-state index contributed by atoms with van der Waals surface area (Å²) in [6, 6.07) is 13.7. The monoisotopic (exact) mass is 367 g/mol. The van der Waals surface area contributed by atoms with Crippen LogP contribution in [0.25, 0.3) is 11.1 Å². The lowest BCUT2D eigenvalue weighted by Crippen LogP contribution is -2.51. The van der Waals surface area contributed by atoms with Gasteiger partial charge < -0.3 is 19.0 Å². The van der Waals surface area contributed by atoms with Crippen molar-refractivity contribution in [2.45, 2.75) is 0 Å². The molecule has 1 aliphatic rings. The molecule has 2 amide bonds. The van der Waals surface area contributed by atoms with E-state index >= 15 is 0 Å². The fourth-order valence-corrected chi connectivity index (χ4v) is 3.01. The largest absolute Gasteiger partial charge is 0.417 e. The third-order valence-electron chi connectivity index (χ3n) is 4.44. The average molecular weight is 367 g/mol. The van der Waals surface area contributed by atoms with Crippen LogP contribution in [0.4, 0.5) is 4.79 Å². The molecule has 8 nitrogen and oxygen atoms in total. The first-order valence-electron chi connectivity index (χ1n) is 8.54. The van der Waals surface area contributed by atoms with Crippen LogP contribution >= 0.6 is 0 Å². The third kappa shape index (κ3) is 3.55. The van der Waals surface area contributed by atoms with E-state index in [1.165, 1.54) is 0 Å². The first-order valence-corrected chi connectivity index (χ1v) is 8.54. The van der Waals surface area contributed by atoms with E-state index in [-0.39, 0.29) is 5.91 Å². The van der Waals surface area contributed by atoms with Crippen molar-refractivity contribution in [1.29, 1.82) is 0 Å². The number of aromatic amines is 1. The second-order valence-electron chi connectivity index (χ2n) is 6.19. The Balaban J connectivity index is 1.38. The van der Waals surface area contributed by atoms with E-state index in [9.17, 15) is 14.4 Å². The molecule has 2 aromatic carbocycles. The Hall–Kier alpha value is -3.55. The Kier molecular flexibility index (Phi) is 4.37. The molecule has 1 saturated heterocycles. The van der Waals surface area contributed by atoms with Crippen LogP contribution in [0.2, 0.25) is 0 Å². The molecule has 0 atom stereocenters. The van der Waals surface area contributed by atoms with Crippen LogP contribution in [0.1, 0.15) is 10.4 Å². The predicted molar refractivity (Wildman–Crippen MR) is 96.8 cm³/mol. The number of benzene rings is 2. The number of ether oxygens (including phenoxy) is 1. The molecule has 3 aromatic rings. The maximum atomic E-state index is 12.7. The van der Waals surface area contributed by atoms with Gasteiger partial charge in [0.05, 0.1) is 5.52 Å². The maximum Gasteiger partial charge on any atom is 0.417 e. The number of hydrogen-bond donors (Lipinski definition) is 1. The van der Waals surface area contributed by atoms with Crippen molar-refractivity contribution in [2.24, 2.45) is 0 Å². The van der Waals surface area contributed by atoms with Crippen LogP contribution in [0.5, 0.6) is 5.75 Å². The fourth-order valence-electron chi connectivity index (χ4n) is 3.01. The van der Waals surface area contributed by atoms with E-state index in [1.54, 1.807) is 52.3 Å². The van der Waals surface area contributed by atoms with Crippen molar-refractivity contribution >= 4 is 23.1 Å². The molecule has 0 saturated carbocycles. The van der Waals surface area contributed by atoms with Gasteiger partial charge in [-0.2, -0.15) is 0 Å². The summed E-state index contributed by atoms with van der Waals surface area (Å²) in [7, 11) is 0. The number of H-pyrrole nitrogens is 1. The van der Waals surface area contributed by atoms with Gasteiger partial charge in [-0.15, -0.1) is 0 Å². The number of nitrogens with one attached hydrogen (secondary N) is 1. The van der Waals surface area contributed by atoms with Gasteiger partial charge in [-0.3, -0.25) is 9.78 Å². The van der Waals surface area contributed by atoms with Gasteiger partial charge in [-0.1, -0.05) is 18.2 Å². The Bertz CT molecular complexity index is 1030. The quantitative estimate of drug-likeness (QED) is 0.748. The highest BCUT2D eigenvalue weighted by atomic mass is 16.6. The Morgan fingerprint density at radius 3 is 2.41 bits per heavy atom. The molecule has 0 radical (unpaired) electrons. The SMILES string of the molecule is O=C(Oc1ccccc1)N1CCN(C(=O)c2ccc3[nH]c(=O)oc3c2)CC1. The summed E-state index contributed by atoms with van der Waals surface area (Å²) in [6.45, 7) is 1.58. The van der Waals surface area contributed by atoms with Gasteiger partial charge in [0, 0.05) is 31.7 Å². The van der Waals surface area contributed by atoms with Gasteiger partial charge in [0.2, 0.25) is 0 Å². The standard InChI is InChI=1S/C19H17N3O5/c23-17(13-6-7-15-16(12-13)27-18(24)20-15)21-8-10-22(11-9-21)19(25)26-14-4-2-1-3-5-14/h1-7,12H,8-11H2,(H,20,24). The molecule has 8 heteroatoms. The maximum absolute atomic E-state index is 12.7. The predicted octanol–water partition coefficient (Wildman–Crippen LogP) is 2.08. The van der Waals surface area contributed by atoms with E-state index in [4.69, 9.17) is 9.15 Å². The van der Waals surface area contributed by atoms with Gasteiger partial charge in [0.15, 0.2) is 5.58 Å². The molecule has 138 valence electrons. The summed E-state index contributed by atoms with van der Waals surface area (Å²) in [4.78, 5) is 41.9. The number of para-hydroxylation sites is 1. The number of fused-ring (bicyclic) bond motifs is 1. The molecule has 0 unspecified atom stereocenters. The number of piperazine rings is 1. The third-order valence-corrected chi connectivity index (χ3v) is 4.44. The highest BCUT2D eigenvalue weighted by molar-refractivity contribution is 5.97. The number of aromatic nitrogens is 1. The zero-order valence-electron chi connectivity index (χ0n) is 14.4. The Morgan fingerprint density at radius 2 is 1.67 bits per heavy atom. The average Bonchev–Trinajstić information content (AvgIpc) is 3.07. The molecular weight excluding hydrogens is 350 g/mol. The number of amides is 2. The van der Waals surface area contributed by atoms with Crippen LogP contribution in [0, 0.1) is 0 Å². The highest BCUT2D eigenvalue weighted by Gasteiger charge is 2.26. The molecule has 1 aliphatic heterocycles. The topological polar surface area (TPSA) is 95.9 Å². The molecule has 0 aliphatic carbocycles. The van der Waals surface area contributed by atoms with Gasteiger partial charge in [0.1, 0.15) is 5.75 Å². The number of carbonyl (C=O) groups is 2. The molecule has 0 bridgehead atoms. The first kappa shape index (κ1) is 16.9. The fraction of sp³-hybridized carbons (Fsp3) is 0.211. The van der Waals surface area contributed by atoms with Gasteiger partial charge in [-0.05, 0) is 30.3 Å². The number of carbonyl (C=O) groups excluding carboxylic acids is 2. The summed E-state index contributed by atoms with van der Waals surface area (Å²) in [5.41, 5.74) is 1.33. The van der Waals surface area contributed by atoms with E-state index in [2.05, 4.69) is 4.98 Å². The molecule has 1 aromatic heterocycles.